The highest BCUT2D eigenvalue weighted by atomic mass is 16.7. The number of aliphatic hydroxyl groups is 1. The van der Waals surface area contributed by atoms with Crippen LogP contribution in [0.25, 0.3) is 0 Å². The van der Waals surface area contributed by atoms with E-state index in [9.17, 15) is 24.8 Å². The number of carboxylic acids is 1. The molecular formula is C11H13NO7. The van der Waals surface area contributed by atoms with Gasteiger partial charge in [0.2, 0.25) is 0 Å². The zero-order valence-corrected chi connectivity index (χ0v) is 10.1. The molecule has 0 aromatic carbocycles. The Bertz CT molecular complexity index is 468. The molecule has 0 fully saturated rings. The van der Waals surface area contributed by atoms with Gasteiger partial charge in [-0.05, 0) is 6.42 Å². The van der Waals surface area contributed by atoms with Crippen LogP contribution in [0.1, 0.15) is 19.8 Å². The Kier molecular flexibility index (Phi) is 4.38. The molecule has 0 amide bonds. The lowest BCUT2D eigenvalue weighted by atomic mass is 9.92. The fraction of sp³-hybridized carbons (Fsp3) is 0.455. The smallest absolute Gasteiger partial charge is 0.317 e. The lowest BCUT2D eigenvalue weighted by molar-refractivity contribution is -0.421. The van der Waals surface area contributed by atoms with E-state index in [1.54, 1.807) is 6.92 Å². The van der Waals surface area contributed by atoms with Crippen LogP contribution in [0.15, 0.2) is 23.9 Å². The molecule has 0 saturated carbocycles. The molecule has 1 aliphatic carbocycles. The van der Waals surface area contributed by atoms with E-state index in [1.165, 1.54) is 0 Å². The number of nitro groups is 1. The minimum Gasteiger partial charge on any atom is -0.481 e. The van der Waals surface area contributed by atoms with Gasteiger partial charge in [-0.25, -0.2) is 0 Å². The summed E-state index contributed by atoms with van der Waals surface area (Å²) >= 11 is 0. The summed E-state index contributed by atoms with van der Waals surface area (Å²) < 4.78 is 4.68. The highest BCUT2D eigenvalue weighted by molar-refractivity contribution is 5.76. The van der Waals surface area contributed by atoms with Crippen LogP contribution >= 0.6 is 0 Å². The van der Waals surface area contributed by atoms with Gasteiger partial charge in [-0.2, -0.15) is 0 Å². The summed E-state index contributed by atoms with van der Waals surface area (Å²) in [5, 5.41) is 29.6. The molecular weight excluding hydrogens is 258 g/mol. The van der Waals surface area contributed by atoms with Gasteiger partial charge in [-0.15, -0.1) is 0 Å². The Hall–Kier alpha value is -2.22. The molecule has 0 saturated heterocycles. The number of allylic oxidation sites excluding steroid dienone is 1. The molecule has 0 bridgehead atoms. The van der Waals surface area contributed by atoms with Crippen molar-refractivity contribution in [1.29, 1.82) is 0 Å². The lowest BCUT2D eigenvalue weighted by Crippen LogP contribution is -2.45. The standard InChI is InChI=1S/C11H13NO7/c1-2-3-9(13)19-11(16)6-7(12(17)18)4-5-8(11)10(14)15/h4-6,8,16H,2-3H2,1H3,(H,14,15). The van der Waals surface area contributed by atoms with Crippen LogP contribution in [0.4, 0.5) is 0 Å². The van der Waals surface area contributed by atoms with Crippen LogP contribution in [0.3, 0.4) is 0 Å². The number of esters is 1. The molecule has 0 spiro atoms. The summed E-state index contributed by atoms with van der Waals surface area (Å²) in [6, 6.07) is 0. The van der Waals surface area contributed by atoms with Crippen molar-refractivity contribution in [1.82, 2.24) is 0 Å². The van der Waals surface area contributed by atoms with E-state index < -0.39 is 34.3 Å². The second-order valence-corrected chi connectivity index (χ2v) is 3.98. The minimum absolute atomic E-state index is 0.0278. The maximum atomic E-state index is 11.4. The number of hydrogen-bond donors (Lipinski definition) is 2. The summed E-state index contributed by atoms with van der Waals surface area (Å²) in [5.41, 5.74) is -0.538. The molecule has 8 nitrogen and oxygen atoms in total. The Morgan fingerprint density at radius 1 is 1.58 bits per heavy atom. The monoisotopic (exact) mass is 271 g/mol. The largest absolute Gasteiger partial charge is 0.481 e. The second kappa shape index (κ2) is 5.61. The van der Waals surface area contributed by atoms with Gasteiger partial charge >= 0.3 is 11.9 Å². The highest BCUT2D eigenvalue weighted by Crippen LogP contribution is 2.29. The van der Waals surface area contributed by atoms with Crippen molar-refractivity contribution >= 4 is 11.9 Å². The number of carboxylic acid groups (broad SMARTS) is 1. The first-order valence-corrected chi connectivity index (χ1v) is 5.52. The van der Waals surface area contributed by atoms with Crippen molar-refractivity contribution in [3.05, 3.63) is 34.0 Å². The highest BCUT2D eigenvalue weighted by Gasteiger charge is 2.46. The van der Waals surface area contributed by atoms with E-state index in [2.05, 4.69) is 4.74 Å². The molecule has 0 radical (unpaired) electrons. The first-order valence-electron chi connectivity index (χ1n) is 5.52. The minimum atomic E-state index is -2.55. The second-order valence-electron chi connectivity index (χ2n) is 3.98. The van der Waals surface area contributed by atoms with Gasteiger partial charge in [0, 0.05) is 12.5 Å². The van der Waals surface area contributed by atoms with Crippen molar-refractivity contribution in [3.63, 3.8) is 0 Å². The number of ether oxygens (including phenoxy) is 1. The van der Waals surface area contributed by atoms with Crippen molar-refractivity contribution in [2.24, 2.45) is 5.92 Å². The maximum Gasteiger partial charge on any atom is 0.317 e. The van der Waals surface area contributed by atoms with Gasteiger partial charge in [-0.1, -0.05) is 13.0 Å². The molecule has 19 heavy (non-hydrogen) atoms. The summed E-state index contributed by atoms with van der Waals surface area (Å²) in [6.45, 7) is 1.69. The number of rotatable bonds is 5. The first-order chi connectivity index (χ1) is 8.80. The summed E-state index contributed by atoms with van der Waals surface area (Å²) in [7, 11) is 0. The Morgan fingerprint density at radius 2 is 2.21 bits per heavy atom. The molecule has 0 aromatic rings. The third-order valence-corrected chi connectivity index (χ3v) is 2.47. The van der Waals surface area contributed by atoms with Crippen LogP contribution in [0.2, 0.25) is 0 Å². The Morgan fingerprint density at radius 3 is 2.68 bits per heavy atom. The summed E-state index contributed by atoms with van der Waals surface area (Å²) in [4.78, 5) is 32.2. The zero-order valence-electron chi connectivity index (χ0n) is 10.1. The SMILES string of the molecule is CCCC(=O)OC1(O)C=C([N+](=O)[O-])C=CC1C(=O)O. The van der Waals surface area contributed by atoms with Crippen molar-refractivity contribution in [2.45, 2.75) is 25.6 Å². The van der Waals surface area contributed by atoms with Gasteiger partial charge < -0.3 is 14.9 Å². The predicted octanol–water partition coefficient (Wildman–Crippen LogP) is 0.449. The van der Waals surface area contributed by atoms with E-state index in [-0.39, 0.29) is 6.42 Å². The van der Waals surface area contributed by atoms with E-state index in [1.807, 2.05) is 0 Å². The van der Waals surface area contributed by atoms with Gasteiger partial charge in [0.05, 0.1) is 11.0 Å². The average Bonchev–Trinajstić information content (AvgIpc) is 2.27. The topological polar surface area (TPSA) is 127 Å². The number of nitrogens with zero attached hydrogens (tertiary/aromatic N) is 1. The summed E-state index contributed by atoms with van der Waals surface area (Å²) in [5.74, 6) is -6.42. The predicted molar refractivity (Wildman–Crippen MR) is 61.3 cm³/mol. The number of carbonyl (C=O) groups is 2. The molecule has 2 atom stereocenters. The van der Waals surface area contributed by atoms with Crippen LogP contribution in [0, 0.1) is 16.0 Å². The molecule has 1 aliphatic rings. The first kappa shape index (κ1) is 14.8. The molecule has 0 aliphatic heterocycles. The van der Waals surface area contributed by atoms with E-state index >= 15 is 0 Å². The quantitative estimate of drug-likeness (QED) is 0.321. The van der Waals surface area contributed by atoms with Gasteiger partial charge in [0.1, 0.15) is 5.92 Å². The zero-order chi connectivity index (χ0) is 14.6. The van der Waals surface area contributed by atoms with Crippen molar-refractivity contribution in [2.75, 3.05) is 0 Å². The van der Waals surface area contributed by atoms with Gasteiger partial charge in [0.15, 0.2) is 0 Å². The van der Waals surface area contributed by atoms with E-state index in [0.29, 0.717) is 12.5 Å². The van der Waals surface area contributed by atoms with Gasteiger partial charge in [0.25, 0.3) is 11.5 Å². The Balaban J connectivity index is 3.07. The molecule has 2 N–H and O–H groups in total. The fourth-order valence-corrected chi connectivity index (χ4v) is 1.59. The molecule has 0 heterocycles. The average molecular weight is 271 g/mol. The third kappa shape index (κ3) is 3.38. The van der Waals surface area contributed by atoms with Crippen LogP contribution in [0.5, 0.6) is 0 Å². The van der Waals surface area contributed by atoms with Gasteiger partial charge in [-0.3, -0.25) is 19.7 Å². The van der Waals surface area contributed by atoms with E-state index in [4.69, 9.17) is 5.11 Å². The molecule has 1 rings (SSSR count). The molecule has 104 valence electrons. The normalized spacial score (nSPS) is 25.6. The fourth-order valence-electron chi connectivity index (χ4n) is 1.59. The molecule has 8 heteroatoms. The summed E-state index contributed by atoms with van der Waals surface area (Å²) in [6.07, 6.45) is 2.90. The third-order valence-electron chi connectivity index (χ3n) is 2.47. The lowest BCUT2D eigenvalue weighted by Gasteiger charge is -2.29. The number of carbonyl (C=O) groups excluding carboxylic acids is 1. The molecule has 2 unspecified atom stereocenters. The van der Waals surface area contributed by atoms with Crippen LogP contribution < -0.4 is 0 Å². The Labute approximate surface area is 108 Å². The number of aliphatic carboxylic acids is 1. The van der Waals surface area contributed by atoms with Crippen molar-refractivity contribution < 1.29 is 29.5 Å². The van der Waals surface area contributed by atoms with Crippen LogP contribution in [-0.2, 0) is 14.3 Å². The van der Waals surface area contributed by atoms with Crippen LogP contribution in [-0.4, -0.2) is 32.9 Å². The number of hydrogen-bond acceptors (Lipinski definition) is 6. The molecule has 0 aromatic heterocycles. The van der Waals surface area contributed by atoms with E-state index in [0.717, 1.165) is 12.2 Å². The van der Waals surface area contributed by atoms with Crippen molar-refractivity contribution in [3.8, 4) is 0 Å². The maximum absolute atomic E-state index is 11.4.